The molecule has 29 heavy (non-hydrogen) atoms. The molecule has 8 heteroatoms. The number of nitrogens with one attached hydrogen (secondary N) is 1. The summed E-state index contributed by atoms with van der Waals surface area (Å²) < 4.78 is 17.9. The number of rotatable bonds is 4. The van der Waals surface area contributed by atoms with Gasteiger partial charge in [0.15, 0.2) is 11.6 Å². The number of fused-ring (bicyclic) bond motifs is 1. The maximum atomic E-state index is 13.2. The zero-order chi connectivity index (χ0) is 20.5. The molecule has 0 aliphatic carbocycles. The van der Waals surface area contributed by atoms with Crippen LogP contribution in [0.2, 0.25) is 0 Å². The number of phenolic OH excluding ortho intramolecular Hbond substituents is 1. The normalized spacial score (nSPS) is 11.0. The van der Waals surface area contributed by atoms with Crippen molar-refractivity contribution in [3.8, 4) is 17.1 Å². The zero-order valence-corrected chi connectivity index (χ0v) is 15.7. The van der Waals surface area contributed by atoms with E-state index in [4.69, 9.17) is 4.74 Å². The van der Waals surface area contributed by atoms with Crippen LogP contribution >= 0.6 is 0 Å². The van der Waals surface area contributed by atoms with E-state index in [-0.39, 0.29) is 22.6 Å². The third kappa shape index (κ3) is 3.52. The Balaban J connectivity index is 1.89. The molecular weight excluding hydrogens is 375 g/mol. The van der Waals surface area contributed by atoms with E-state index >= 15 is 0 Å². The number of carbonyl (C=O) groups is 1. The Labute approximate surface area is 165 Å². The van der Waals surface area contributed by atoms with E-state index in [0.717, 1.165) is 11.1 Å². The number of benzene rings is 2. The number of carbonyl (C=O) groups excluding carboxylic acids is 1. The van der Waals surface area contributed by atoms with Crippen LogP contribution in [0, 0.1) is 12.7 Å². The van der Waals surface area contributed by atoms with Crippen LogP contribution in [0.5, 0.6) is 5.75 Å². The molecule has 0 atom stereocenters. The van der Waals surface area contributed by atoms with Gasteiger partial charge in [-0.25, -0.2) is 14.2 Å². The Kier molecular flexibility index (Phi) is 4.67. The van der Waals surface area contributed by atoms with Crippen LogP contribution in [0.1, 0.15) is 27.3 Å². The maximum absolute atomic E-state index is 13.2. The molecule has 0 aliphatic rings. The average Bonchev–Trinajstić information content (AvgIpc) is 3.15. The number of nitrogens with zero attached hydrogens (tertiary/aromatic N) is 3. The number of phenols is 1. The Morgan fingerprint density at radius 2 is 1.97 bits per heavy atom. The van der Waals surface area contributed by atoms with Crippen LogP contribution < -0.4 is 0 Å². The number of esters is 1. The minimum Gasteiger partial charge on any atom is -0.505 e. The average molecular weight is 392 g/mol. The highest BCUT2D eigenvalue weighted by atomic mass is 19.1. The summed E-state index contributed by atoms with van der Waals surface area (Å²) in [5.74, 6) is -0.270. The van der Waals surface area contributed by atoms with Gasteiger partial charge in [0.1, 0.15) is 22.7 Å². The first-order chi connectivity index (χ1) is 14.0. The minimum absolute atomic E-state index is 0.0174. The number of aromatic hydroxyl groups is 1. The van der Waals surface area contributed by atoms with Crippen molar-refractivity contribution in [2.24, 2.45) is 0 Å². The van der Waals surface area contributed by atoms with Gasteiger partial charge in [-0.1, -0.05) is 12.1 Å². The summed E-state index contributed by atoms with van der Waals surface area (Å²) in [5, 5.41) is 18.1. The van der Waals surface area contributed by atoms with Gasteiger partial charge in [0.05, 0.1) is 7.11 Å². The number of hydrogen-bond donors (Lipinski definition) is 2. The van der Waals surface area contributed by atoms with Crippen LogP contribution in [0.15, 0.2) is 42.6 Å². The summed E-state index contributed by atoms with van der Waals surface area (Å²) in [6.45, 7) is 1.76. The molecule has 0 aliphatic heterocycles. The van der Waals surface area contributed by atoms with Gasteiger partial charge in [0.2, 0.25) is 0 Å². The Hall–Kier alpha value is -3.81. The number of H-pyrrole nitrogens is 1. The van der Waals surface area contributed by atoms with Gasteiger partial charge in [0, 0.05) is 17.1 Å². The van der Waals surface area contributed by atoms with E-state index in [1.54, 1.807) is 25.3 Å². The number of aryl methyl sites for hydroxylation is 1. The second-order valence-electron chi connectivity index (χ2n) is 6.60. The molecule has 0 bridgehead atoms. The predicted molar refractivity (Wildman–Crippen MR) is 104 cm³/mol. The Bertz CT molecular complexity index is 1220. The third-order valence-electron chi connectivity index (χ3n) is 4.57. The van der Waals surface area contributed by atoms with Crippen molar-refractivity contribution in [2.45, 2.75) is 13.3 Å². The molecule has 0 radical (unpaired) electrons. The van der Waals surface area contributed by atoms with Crippen LogP contribution in [0.3, 0.4) is 0 Å². The van der Waals surface area contributed by atoms with Gasteiger partial charge >= 0.3 is 5.97 Å². The maximum Gasteiger partial charge on any atom is 0.341 e. The molecule has 146 valence electrons. The van der Waals surface area contributed by atoms with E-state index in [1.807, 2.05) is 6.07 Å². The number of aromatic amines is 1. The molecule has 0 amide bonds. The van der Waals surface area contributed by atoms with Crippen LogP contribution in [-0.4, -0.2) is 38.4 Å². The highest BCUT2D eigenvalue weighted by Crippen LogP contribution is 2.35. The molecule has 0 unspecified atom stereocenters. The van der Waals surface area contributed by atoms with Crippen molar-refractivity contribution in [1.82, 2.24) is 20.2 Å². The van der Waals surface area contributed by atoms with Crippen LogP contribution in [0.4, 0.5) is 4.39 Å². The highest BCUT2D eigenvalue weighted by Gasteiger charge is 2.21. The quantitative estimate of drug-likeness (QED) is 0.515. The second-order valence-corrected chi connectivity index (χ2v) is 6.60. The molecule has 7 nitrogen and oxygen atoms in total. The second kappa shape index (κ2) is 7.31. The van der Waals surface area contributed by atoms with Gasteiger partial charge in [-0.2, -0.15) is 5.10 Å². The van der Waals surface area contributed by atoms with Crippen molar-refractivity contribution in [3.05, 3.63) is 70.9 Å². The van der Waals surface area contributed by atoms with Crippen LogP contribution in [0.25, 0.3) is 22.3 Å². The largest absolute Gasteiger partial charge is 0.505 e. The van der Waals surface area contributed by atoms with E-state index in [0.29, 0.717) is 29.0 Å². The van der Waals surface area contributed by atoms with Crippen molar-refractivity contribution < 1.29 is 19.0 Å². The lowest BCUT2D eigenvalue weighted by Crippen LogP contribution is -2.04. The first-order valence-electron chi connectivity index (χ1n) is 8.83. The fourth-order valence-electron chi connectivity index (χ4n) is 3.17. The summed E-state index contributed by atoms with van der Waals surface area (Å²) in [6.07, 6.45) is 2.13. The van der Waals surface area contributed by atoms with E-state index in [1.165, 1.54) is 25.3 Å². The third-order valence-corrected chi connectivity index (χ3v) is 4.57. The first-order valence-corrected chi connectivity index (χ1v) is 8.83. The lowest BCUT2D eigenvalue weighted by atomic mass is 9.99. The molecular formula is C21H17FN4O3. The van der Waals surface area contributed by atoms with Crippen molar-refractivity contribution >= 4 is 16.9 Å². The molecule has 2 aromatic heterocycles. The monoisotopic (exact) mass is 392 g/mol. The summed E-state index contributed by atoms with van der Waals surface area (Å²) in [7, 11) is 1.24. The van der Waals surface area contributed by atoms with Crippen molar-refractivity contribution in [3.63, 3.8) is 0 Å². The van der Waals surface area contributed by atoms with Gasteiger partial charge in [-0.05, 0) is 48.7 Å². The SMILES string of the molecule is COC(=O)c1cc(-c2n[nH]c(C)n2)c2cc(Cc3ccc(F)cc3)cnc2c1O. The Morgan fingerprint density at radius 3 is 2.62 bits per heavy atom. The highest BCUT2D eigenvalue weighted by molar-refractivity contribution is 6.05. The van der Waals surface area contributed by atoms with Gasteiger partial charge < -0.3 is 9.84 Å². The van der Waals surface area contributed by atoms with Crippen LogP contribution in [-0.2, 0) is 11.2 Å². The fraction of sp³-hybridized carbons (Fsp3) is 0.143. The van der Waals surface area contributed by atoms with Gasteiger partial charge in [-0.3, -0.25) is 10.1 Å². The van der Waals surface area contributed by atoms with Crippen molar-refractivity contribution in [1.29, 1.82) is 0 Å². The first kappa shape index (κ1) is 18.5. The lowest BCUT2D eigenvalue weighted by Gasteiger charge is -2.11. The van der Waals surface area contributed by atoms with Crippen molar-refractivity contribution in [2.75, 3.05) is 7.11 Å². The van der Waals surface area contributed by atoms with E-state index in [2.05, 4.69) is 20.2 Å². The topological polar surface area (TPSA) is 101 Å². The smallest absolute Gasteiger partial charge is 0.341 e. The molecule has 2 aromatic carbocycles. The zero-order valence-electron chi connectivity index (χ0n) is 15.7. The summed E-state index contributed by atoms with van der Waals surface area (Å²) in [4.78, 5) is 20.8. The Morgan fingerprint density at radius 1 is 1.21 bits per heavy atom. The fourth-order valence-corrected chi connectivity index (χ4v) is 3.17. The molecule has 2 N–H and O–H groups in total. The van der Waals surface area contributed by atoms with E-state index in [9.17, 15) is 14.3 Å². The molecule has 0 fully saturated rings. The number of methoxy groups -OCH3 is 1. The number of halogens is 1. The molecule has 4 rings (SSSR count). The number of ether oxygens (including phenoxy) is 1. The lowest BCUT2D eigenvalue weighted by molar-refractivity contribution is 0.0598. The molecule has 0 saturated carbocycles. The number of aromatic nitrogens is 4. The standard InChI is InChI=1S/C21H17FN4O3/c1-11-24-20(26-25-11)16-9-17(21(28)29-2)19(27)18-15(16)8-13(10-23-18)7-12-3-5-14(22)6-4-12/h3-6,8-10,27H,7H2,1-2H3,(H,24,25,26). The minimum atomic E-state index is -0.685. The molecule has 2 heterocycles. The number of hydrogen-bond acceptors (Lipinski definition) is 6. The van der Waals surface area contributed by atoms with Gasteiger partial charge in [-0.15, -0.1) is 0 Å². The summed E-state index contributed by atoms with van der Waals surface area (Å²) >= 11 is 0. The summed E-state index contributed by atoms with van der Waals surface area (Å²) in [6, 6.07) is 9.57. The molecule has 0 spiro atoms. The van der Waals surface area contributed by atoms with Gasteiger partial charge in [0.25, 0.3) is 0 Å². The number of pyridine rings is 1. The molecule has 0 saturated heterocycles. The summed E-state index contributed by atoms with van der Waals surface area (Å²) in [5.41, 5.74) is 2.53. The predicted octanol–water partition coefficient (Wildman–Crippen LogP) is 3.55. The molecule has 4 aromatic rings. The van der Waals surface area contributed by atoms with E-state index < -0.39 is 5.97 Å².